The number of benzene rings is 4. The molecular formula is C53H81B3BrFO6. The van der Waals surface area contributed by atoms with Gasteiger partial charge in [0.05, 0.1) is 42.1 Å². The van der Waals surface area contributed by atoms with Crippen molar-refractivity contribution in [1.29, 1.82) is 0 Å². The van der Waals surface area contributed by atoms with Gasteiger partial charge in [-0.1, -0.05) is 144 Å². The monoisotopic (exact) mass is 946 g/mol. The van der Waals surface area contributed by atoms with E-state index in [1.165, 1.54) is 44.5 Å². The molecule has 11 heteroatoms. The molecule has 3 saturated heterocycles. The lowest BCUT2D eigenvalue weighted by atomic mass is 9.49. The average Bonchev–Trinajstić information content (AvgIpc) is 4.00. The number of halogens is 2. The summed E-state index contributed by atoms with van der Waals surface area (Å²) in [7, 11) is -2.24. The minimum atomic E-state index is -1.00. The van der Waals surface area contributed by atoms with Crippen LogP contribution in [0.1, 0.15) is 162 Å². The fraction of sp³-hybridized carbons (Fsp3) is 0.547. The quantitative estimate of drug-likeness (QED) is 0.161. The van der Waals surface area contributed by atoms with Gasteiger partial charge in [0, 0.05) is 4.47 Å². The van der Waals surface area contributed by atoms with Crippen molar-refractivity contribution in [3.05, 3.63) is 112 Å². The summed E-state index contributed by atoms with van der Waals surface area (Å²) >= 11 is 3.52. The fourth-order valence-electron chi connectivity index (χ4n) is 7.36. The molecule has 64 heavy (non-hydrogen) atoms. The van der Waals surface area contributed by atoms with Crippen LogP contribution in [0, 0.1) is 0 Å². The molecule has 0 spiro atoms. The van der Waals surface area contributed by atoms with Crippen molar-refractivity contribution in [3.8, 4) is 22.3 Å². The number of hydrogen-bond acceptors (Lipinski definition) is 6. The first-order valence-electron chi connectivity index (χ1n) is 24.2. The third-order valence-corrected chi connectivity index (χ3v) is 13.4. The van der Waals surface area contributed by atoms with Crippen molar-refractivity contribution >= 4 is 42.5 Å². The van der Waals surface area contributed by atoms with Gasteiger partial charge in [0.1, 0.15) is 0 Å². The Hall–Kier alpha value is -2.76. The van der Waals surface area contributed by atoms with Gasteiger partial charge in [0.15, 0.2) is 0 Å². The highest BCUT2D eigenvalue weighted by Crippen LogP contribution is 2.44. The molecule has 0 atom stereocenters. The summed E-state index contributed by atoms with van der Waals surface area (Å²) in [6.07, 6.45) is 2.11. The zero-order valence-corrected chi connectivity index (χ0v) is 44.7. The Kier molecular flexibility index (Phi) is 20.7. The lowest BCUT2D eigenvalue weighted by molar-refractivity contribution is 0.00578. The first-order valence-corrected chi connectivity index (χ1v) is 24.3. The molecule has 2 aliphatic carbocycles. The van der Waals surface area contributed by atoms with Crippen LogP contribution in [0.2, 0.25) is 0 Å². The normalized spacial score (nSPS) is 19.5. The molecule has 5 aliphatic rings. The molecule has 9 rings (SSSR count). The van der Waals surface area contributed by atoms with Gasteiger partial charge in [-0.15, -0.1) is 0 Å². The highest BCUT2D eigenvalue weighted by Gasteiger charge is 2.63. The van der Waals surface area contributed by atoms with Crippen molar-refractivity contribution in [2.45, 2.75) is 185 Å². The van der Waals surface area contributed by atoms with Gasteiger partial charge >= 0.3 is 21.1 Å². The molecule has 4 aromatic rings. The predicted molar refractivity (Wildman–Crippen MR) is 277 cm³/mol. The molecule has 0 aromatic heterocycles. The van der Waals surface area contributed by atoms with E-state index in [0.29, 0.717) is 0 Å². The summed E-state index contributed by atoms with van der Waals surface area (Å²) in [5.41, 5.74) is 10.2. The lowest BCUT2D eigenvalue weighted by Crippen LogP contribution is -2.41. The molecule has 0 N–H and O–H groups in total. The summed E-state index contributed by atoms with van der Waals surface area (Å²) < 4.78 is 52.9. The van der Waals surface area contributed by atoms with Gasteiger partial charge in [0.25, 0.3) is 0 Å². The lowest BCUT2D eigenvalue weighted by Gasteiger charge is -2.32. The molecule has 0 saturated carbocycles. The summed E-state index contributed by atoms with van der Waals surface area (Å²) in [4.78, 5) is 0. The summed E-state index contributed by atoms with van der Waals surface area (Å²) in [6, 6.07) is 30.4. The Balaban J connectivity index is 0.000000307. The minimum absolute atomic E-state index is 0.289. The van der Waals surface area contributed by atoms with Crippen LogP contribution in [0.3, 0.4) is 0 Å². The van der Waals surface area contributed by atoms with Crippen molar-refractivity contribution in [2.75, 3.05) is 7.15 Å². The highest BCUT2D eigenvalue weighted by atomic mass is 79.9. The smallest absolute Gasteiger partial charge is 0.405 e. The van der Waals surface area contributed by atoms with E-state index in [4.69, 9.17) is 29.3 Å². The molecule has 352 valence electrons. The Morgan fingerprint density at radius 3 is 1.11 bits per heavy atom. The predicted octanol–water partition coefficient (Wildman–Crippen LogP) is 14.5. The largest absolute Gasteiger partial charge is 0.494 e. The second kappa shape index (κ2) is 23.8. The Labute approximate surface area is 400 Å². The SMILES string of the molecule is Brc1ccc2c(c1)-c1ccccc1C2.CC.CC.CC.CC.CC1(C)OB(B2OC(C)(C)C(C)(C)O2)OC1(C)C.CC1(C)OB(c2ccc3c(c2)-c2ccccc2C3)OC1(C)C.[2H]CF. The molecule has 0 bridgehead atoms. The zero-order chi connectivity index (χ0) is 49.8. The molecule has 3 heterocycles. The molecule has 0 radical (unpaired) electrons. The minimum Gasteiger partial charge on any atom is -0.405 e. The highest BCUT2D eigenvalue weighted by molar-refractivity contribution is 9.10. The van der Waals surface area contributed by atoms with E-state index < -0.39 is 21.2 Å². The van der Waals surface area contributed by atoms with Gasteiger partial charge < -0.3 is 27.9 Å². The average molecular weight is 947 g/mol. The van der Waals surface area contributed by atoms with E-state index in [0.717, 1.165) is 22.8 Å². The number of rotatable bonds is 2. The molecule has 6 nitrogen and oxygen atoms in total. The van der Waals surface area contributed by atoms with Gasteiger partial charge in [-0.05, 0) is 158 Å². The van der Waals surface area contributed by atoms with E-state index >= 15 is 0 Å². The van der Waals surface area contributed by atoms with Crippen LogP contribution in [0.4, 0.5) is 4.39 Å². The van der Waals surface area contributed by atoms with Crippen LogP contribution in [0.15, 0.2) is 89.4 Å². The van der Waals surface area contributed by atoms with E-state index in [-0.39, 0.29) is 40.7 Å². The number of alkyl halides is 1. The molecule has 3 fully saturated rings. The maximum absolute atomic E-state index is 9.96. The van der Waals surface area contributed by atoms with Crippen LogP contribution in [0.25, 0.3) is 22.3 Å². The van der Waals surface area contributed by atoms with E-state index in [1.54, 1.807) is 0 Å². The standard InChI is InChI=1S/C19H21BO2.C13H9Br.C12H24B2O4.4C2H6.CH3F/c1-18(2)19(3,4)22-20(21-18)15-10-9-14-11-13-7-5-6-8-16(13)17(14)12-15;14-11-6-5-10-7-9-3-1-2-4-12(9)13(10)8-11;1-9(2)10(3,4)16-13(15-9)14-17-11(5,6)12(7,8)18-14;5*1-2/h5-10,12H,11H2,1-4H3;1-6,8H,7H2;1-8H3;4*1-2H3;1H3/i;;;;;;;1D. The first kappa shape index (κ1) is 55.6. The maximum atomic E-state index is 9.96. The molecule has 0 unspecified atom stereocenters. The second-order valence-corrected chi connectivity index (χ2v) is 19.1. The molecule has 3 aliphatic heterocycles. The third kappa shape index (κ3) is 12.6. The molecule has 4 aromatic carbocycles. The Morgan fingerprint density at radius 1 is 0.438 bits per heavy atom. The summed E-state index contributed by atoms with van der Waals surface area (Å²) in [5.74, 6) is 0. The van der Waals surface area contributed by atoms with Crippen LogP contribution < -0.4 is 5.46 Å². The van der Waals surface area contributed by atoms with Crippen molar-refractivity contribution in [3.63, 3.8) is 0 Å². The van der Waals surface area contributed by atoms with E-state index in [9.17, 15) is 4.39 Å². The number of hydrogen-bond donors (Lipinski definition) is 0. The number of fused-ring (bicyclic) bond motifs is 6. The van der Waals surface area contributed by atoms with Gasteiger partial charge in [0.2, 0.25) is 0 Å². The van der Waals surface area contributed by atoms with Crippen molar-refractivity contribution in [1.82, 2.24) is 0 Å². The van der Waals surface area contributed by atoms with Gasteiger partial charge in [-0.2, -0.15) is 0 Å². The van der Waals surface area contributed by atoms with Crippen molar-refractivity contribution in [2.24, 2.45) is 0 Å². The maximum Gasteiger partial charge on any atom is 0.494 e. The first-order chi connectivity index (χ1) is 30.5. The molecular weight excluding hydrogens is 864 g/mol. The Morgan fingerprint density at radius 2 is 0.734 bits per heavy atom. The van der Waals surface area contributed by atoms with Crippen LogP contribution in [-0.2, 0) is 40.8 Å². The van der Waals surface area contributed by atoms with Gasteiger partial charge in [-0.3, -0.25) is 4.39 Å². The molecule has 0 amide bonds. The van der Waals surface area contributed by atoms with E-state index in [2.05, 4.69) is 129 Å². The van der Waals surface area contributed by atoms with Crippen LogP contribution >= 0.6 is 15.9 Å². The topological polar surface area (TPSA) is 55.4 Å². The van der Waals surface area contributed by atoms with Crippen LogP contribution in [0.5, 0.6) is 0 Å². The third-order valence-electron chi connectivity index (χ3n) is 12.9. The summed E-state index contributed by atoms with van der Waals surface area (Å²) in [6.45, 7) is 40.6. The van der Waals surface area contributed by atoms with E-state index in [1.807, 2.05) is 111 Å². The van der Waals surface area contributed by atoms with Gasteiger partial charge in [-0.25, -0.2) is 0 Å². The second-order valence-electron chi connectivity index (χ2n) is 18.2. The fourth-order valence-corrected chi connectivity index (χ4v) is 7.72. The Bertz CT molecular complexity index is 2010. The summed E-state index contributed by atoms with van der Waals surface area (Å²) in [5, 5.41) is 0. The zero-order valence-electron chi connectivity index (χ0n) is 44.1. The van der Waals surface area contributed by atoms with Crippen molar-refractivity contribution < 1.29 is 33.7 Å². The van der Waals surface area contributed by atoms with Crippen LogP contribution in [-0.4, -0.2) is 61.9 Å².